The average molecular weight is 307 g/mol. The van der Waals surface area contributed by atoms with Gasteiger partial charge in [0.15, 0.2) is 0 Å². The minimum Gasteiger partial charge on any atom is -0.487 e. The number of nitrogens with zero attached hydrogens (tertiary/aromatic N) is 1. The van der Waals surface area contributed by atoms with E-state index in [4.69, 9.17) is 14.6 Å². The van der Waals surface area contributed by atoms with E-state index < -0.39 is 11.6 Å². The molecule has 0 aromatic heterocycles. The standard InChI is InChI=1S/C16H21NO5/c1-10-5-6-11(7-13(10)14(18)19)21-12-8-17(9-12)15(20)22-16(2,3)4/h5-7,12H,8-9H2,1-4H3,(H,18,19). The van der Waals surface area contributed by atoms with Crippen molar-refractivity contribution >= 4 is 12.1 Å². The number of benzene rings is 1. The van der Waals surface area contributed by atoms with Gasteiger partial charge in [0.1, 0.15) is 17.5 Å². The topological polar surface area (TPSA) is 76.1 Å². The maximum absolute atomic E-state index is 11.8. The number of ether oxygens (including phenoxy) is 2. The molecule has 1 heterocycles. The number of carboxylic acids is 1. The third-order valence-corrected chi connectivity index (χ3v) is 3.24. The molecule has 22 heavy (non-hydrogen) atoms. The van der Waals surface area contributed by atoms with Crippen molar-refractivity contribution in [3.8, 4) is 5.75 Å². The highest BCUT2D eigenvalue weighted by molar-refractivity contribution is 5.89. The minimum absolute atomic E-state index is 0.142. The van der Waals surface area contributed by atoms with Gasteiger partial charge in [-0.2, -0.15) is 0 Å². The van der Waals surface area contributed by atoms with Gasteiger partial charge in [-0.3, -0.25) is 0 Å². The molecule has 6 nitrogen and oxygen atoms in total. The molecule has 0 bridgehead atoms. The number of hydrogen-bond donors (Lipinski definition) is 1. The third kappa shape index (κ3) is 3.90. The van der Waals surface area contributed by atoms with Crippen LogP contribution in [0.25, 0.3) is 0 Å². The predicted octanol–water partition coefficient (Wildman–Crippen LogP) is 2.69. The van der Waals surface area contributed by atoms with Gasteiger partial charge in [0, 0.05) is 0 Å². The molecular weight excluding hydrogens is 286 g/mol. The zero-order valence-electron chi connectivity index (χ0n) is 13.3. The molecule has 1 amide bonds. The van der Waals surface area contributed by atoms with Gasteiger partial charge in [-0.05, 0) is 45.4 Å². The second kappa shape index (κ2) is 5.87. The number of aryl methyl sites for hydroxylation is 1. The van der Waals surface area contributed by atoms with Crippen LogP contribution < -0.4 is 4.74 Å². The summed E-state index contributed by atoms with van der Waals surface area (Å²) in [6.07, 6.45) is -0.501. The number of aromatic carboxylic acids is 1. The molecule has 1 aromatic carbocycles. The molecule has 6 heteroatoms. The number of carbonyl (C=O) groups excluding carboxylic acids is 1. The van der Waals surface area contributed by atoms with Gasteiger partial charge in [0.2, 0.25) is 0 Å². The fraction of sp³-hybridized carbons (Fsp3) is 0.500. The lowest BCUT2D eigenvalue weighted by Gasteiger charge is -2.39. The molecule has 1 N–H and O–H groups in total. The molecule has 1 fully saturated rings. The van der Waals surface area contributed by atoms with Crippen molar-refractivity contribution in [2.24, 2.45) is 0 Å². The van der Waals surface area contributed by atoms with Gasteiger partial charge in [0.05, 0.1) is 18.7 Å². The summed E-state index contributed by atoms with van der Waals surface area (Å²) in [6.45, 7) is 8.06. The summed E-state index contributed by atoms with van der Waals surface area (Å²) in [6, 6.07) is 4.95. The van der Waals surface area contributed by atoms with Crippen LogP contribution in [0.1, 0.15) is 36.7 Å². The van der Waals surface area contributed by atoms with Crippen LogP contribution in [0, 0.1) is 6.92 Å². The van der Waals surface area contributed by atoms with Crippen molar-refractivity contribution in [2.45, 2.75) is 39.4 Å². The Kier molecular flexibility index (Phi) is 4.30. The number of amides is 1. The second-order valence-corrected chi connectivity index (χ2v) is 6.41. The highest BCUT2D eigenvalue weighted by atomic mass is 16.6. The normalized spacial score (nSPS) is 15.2. The summed E-state index contributed by atoms with van der Waals surface area (Å²) in [4.78, 5) is 24.4. The second-order valence-electron chi connectivity index (χ2n) is 6.41. The molecular formula is C16H21NO5. The lowest BCUT2D eigenvalue weighted by atomic mass is 10.1. The first-order chi connectivity index (χ1) is 10.2. The number of likely N-dealkylation sites (tertiary alicyclic amines) is 1. The first-order valence-corrected chi connectivity index (χ1v) is 7.14. The quantitative estimate of drug-likeness (QED) is 0.929. The van der Waals surface area contributed by atoms with Crippen LogP contribution in [0.3, 0.4) is 0 Å². The molecule has 0 saturated carbocycles. The van der Waals surface area contributed by atoms with Crippen molar-refractivity contribution in [1.82, 2.24) is 4.90 Å². The average Bonchev–Trinajstić information content (AvgIpc) is 2.32. The molecule has 2 rings (SSSR count). The molecule has 1 aliphatic heterocycles. The molecule has 1 aliphatic rings. The van der Waals surface area contributed by atoms with Crippen LogP contribution in [-0.4, -0.2) is 46.9 Å². The Hall–Kier alpha value is -2.24. The van der Waals surface area contributed by atoms with Gasteiger partial charge >= 0.3 is 12.1 Å². The molecule has 1 aromatic rings. The van der Waals surface area contributed by atoms with Gasteiger partial charge < -0.3 is 19.5 Å². The highest BCUT2D eigenvalue weighted by Crippen LogP contribution is 2.23. The smallest absolute Gasteiger partial charge is 0.410 e. The van der Waals surface area contributed by atoms with E-state index in [2.05, 4.69) is 0 Å². The maximum Gasteiger partial charge on any atom is 0.410 e. The lowest BCUT2D eigenvalue weighted by Crippen LogP contribution is -2.57. The van der Waals surface area contributed by atoms with E-state index in [-0.39, 0.29) is 17.8 Å². The van der Waals surface area contributed by atoms with E-state index in [0.717, 1.165) is 0 Å². The van der Waals surface area contributed by atoms with E-state index in [0.29, 0.717) is 24.4 Å². The van der Waals surface area contributed by atoms with Gasteiger partial charge in [-0.25, -0.2) is 9.59 Å². The van der Waals surface area contributed by atoms with E-state index in [9.17, 15) is 9.59 Å². The third-order valence-electron chi connectivity index (χ3n) is 3.24. The monoisotopic (exact) mass is 307 g/mol. The summed E-state index contributed by atoms with van der Waals surface area (Å²) >= 11 is 0. The molecule has 0 unspecified atom stereocenters. The van der Waals surface area contributed by atoms with Crippen LogP contribution in [0.4, 0.5) is 4.79 Å². The van der Waals surface area contributed by atoms with E-state index in [1.54, 1.807) is 24.0 Å². The largest absolute Gasteiger partial charge is 0.487 e. The van der Waals surface area contributed by atoms with Gasteiger partial charge in [0.25, 0.3) is 0 Å². The minimum atomic E-state index is -0.980. The SMILES string of the molecule is Cc1ccc(OC2CN(C(=O)OC(C)(C)C)C2)cc1C(=O)O. The predicted molar refractivity (Wildman–Crippen MR) is 80.4 cm³/mol. The van der Waals surface area contributed by atoms with Crippen LogP contribution in [0.15, 0.2) is 18.2 Å². The van der Waals surface area contributed by atoms with Gasteiger partial charge in [-0.15, -0.1) is 0 Å². The van der Waals surface area contributed by atoms with Gasteiger partial charge in [-0.1, -0.05) is 6.07 Å². The Morgan fingerprint density at radius 2 is 1.91 bits per heavy atom. The Morgan fingerprint density at radius 1 is 1.27 bits per heavy atom. The molecule has 0 spiro atoms. The highest BCUT2D eigenvalue weighted by Gasteiger charge is 2.35. The summed E-state index contributed by atoms with van der Waals surface area (Å²) in [7, 11) is 0. The Balaban J connectivity index is 1.89. The molecule has 0 aliphatic carbocycles. The summed E-state index contributed by atoms with van der Waals surface area (Å²) < 4.78 is 11.0. The number of carboxylic acid groups (broad SMARTS) is 1. The Labute approximate surface area is 129 Å². The first kappa shape index (κ1) is 16.1. The fourth-order valence-corrected chi connectivity index (χ4v) is 2.09. The Morgan fingerprint density at radius 3 is 2.45 bits per heavy atom. The molecule has 120 valence electrons. The van der Waals surface area contributed by atoms with Crippen LogP contribution >= 0.6 is 0 Å². The zero-order chi connectivity index (χ0) is 16.5. The van der Waals surface area contributed by atoms with Crippen LogP contribution in [0.2, 0.25) is 0 Å². The Bertz CT molecular complexity index is 585. The maximum atomic E-state index is 11.8. The van der Waals surface area contributed by atoms with Crippen molar-refractivity contribution in [2.75, 3.05) is 13.1 Å². The summed E-state index contributed by atoms with van der Waals surface area (Å²) in [5.74, 6) is -0.483. The lowest BCUT2D eigenvalue weighted by molar-refractivity contribution is -0.0221. The number of rotatable bonds is 3. The van der Waals surface area contributed by atoms with Crippen LogP contribution in [-0.2, 0) is 4.74 Å². The summed E-state index contributed by atoms with van der Waals surface area (Å²) in [5, 5.41) is 9.09. The van der Waals surface area contributed by atoms with E-state index >= 15 is 0 Å². The molecule has 1 saturated heterocycles. The molecule has 0 atom stereocenters. The van der Waals surface area contributed by atoms with Crippen molar-refractivity contribution < 1.29 is 24.2 Å². The van der Waals surface area contributed by atoms with Crippen molar-refractivity contribution in [1.29, 1.82) is 0 Å². The van der Waals surface area contributed by atoms with Crippen molar-refractivity contribution in [3.05, 3.63) is 29.3 Å². The summed E-state index contributed by atoms with van der Waals surface area (Å²) in [5.41, 5.74) is 0.390. The fourth-order valence-electron chi connectivity index (χ4n) is 2.09. The van der Waals surface area contributed by atoms with Crippen LogP contribution in [0.5, 0.6) is 5.75 Å². The number of hydrogen-bond acceptors (Lipinski definition) is 4. The first-order valence-electron chi connectivity index (χ1n) is 7.14. The van der Waals surface area contributed by atoms with E-state index in [1.165, 1.54) is 6.07 Å². The van der Waals surface area contributed by atoms with E-state index in [1.807, 2.05) is 20.8 Å². The molecule has 0 radical (unpaired) electrons. The van der Waals surface area contributed by atoms with Crippen molar-refractivity contribution in [3.63, 3.8) is 0 Å². The number of carbonyl (C=O) groups is 2. The zero-order valence-corrected chi connectivity index (χ0v) is 13.3.